The third-order valence-electron chi connectivity index (χ3n) is 3.76. The van der Waals surface area contributed by atoms with Gasteiger partial charge in [-0.1, -0.05) is 18.2 Å². The summed E-state index contributed by atoms with van der Waals surface area (Å²) < 4.78 is 0. The highest BCUT2D eigenvalue weighted by Gasteiger charge is 2.23. The number of nitrogens with one attached hydrogen (secondary N) is 1. The van der Waals surface area contributed by atoms with Crippen molar-refractivity contribution < 1.29 is 4.79 Å². The fourth-order valence-electron chi connectivity index (χ4n) is 2.57. The van der Waals surface area contributed by atoms with Gasteiger partial charge in [-0.2, -0.15) is 0 Å². The van der Waals surface area contributed by atoms with Crippen molar-refractivity contribution in [2.75, 3.05) is 18.0 Å². The van der Waals surface area contributed by atoms with E-state index in [9.17, 15) is 4.79 Å². The highest BCUT2D eigenvalue weighted by molar-refractivity contribution is 5.96. The quantitative estimate of drug-likeness (QED) is 0.805. The van der Waals surface area contributed by atoms with Crippen LogP contribution in [0.1, 0.15) is 31.2 Å². The minimum absolute atomic E-state index is 0.278. The van der Waals surface area contributed by atoms with Crippen molar-refractivity contribution in [2.45, 2.75) is 38.1 Å². The summed E-state index contributed by atoms with van der Waals surface area (Å²) >= 11 is 0. The molecule has 1 aromatic rings. The number of hydrogen-bond acceptors (Lipinski definition) is 2. The number of amides is 1. The van der Waals surface area contributed by atoms with Gasteiger partial charge >= 0.3 is 0 Å². The Morgan fingerprint density at radius 2 is 2.06 bits per heavy atom. The third kappa shape index (κ3) is 2.56. The van der Waals surface area contributed by atoms with Crippen LogP contribution in [0.2, 0.25) is 0 Å². The van der Waals surface area contributed by atoms with Crippen molar-refractivity contribution in [3.8, 4) is 0 Å². The lowest BCUT2D eigenvalue weighted by Gasteiger charge is -2.29. The SMILES string of the molecule is O=C1CCc2ccccc2N1CCCNC1CC1. The Morgan fingerprint density at radius 3 is 2.89 bits per heavy atom. The van der Waals surface area contributed by atoms with Gasteiger partial charge in [0.1, 0.15) is 0 Å². The number of benzene rings is 1. The highest BCUT2D eigenvalue weighted by Crippen LogP contribution is 2.27. The summed E-state index contributed by atoms with van der Waals surface area (Å²) in [6.07, 6.45) is 5.24. The Balaban J connectivity index is 1.60. The molecule has 18 heavy (non-hydrogen) atoms. The van der Waals surface area contributed by atoms with Crippen molar-refractivity contribution >= 4 is 11.6 Å². The van der Waals surface area contributed by atoms with Crippen molar-refractivity contribution in [2.24, 2.45) is 0 Å². The lowest BCUT2D eigenvalue weighted by Crippen LogP contribution is -2.37. The number of para-hydroxylation sites is 1. The molecule has 1 amide bonds. The number of anilines is 1. The average Bonchev–Trinajstić information content (AvgIpc) is 3.21. The molecule has 1 aromatic carbocycles. The van der Waals surface area contributed by atoms with E-state index in [1.807, 2.05) is 11.0 Å². The molecule has 1 aliphatic heterocycles. The number of fused-ring (bicyclic) bond motifs is 1. The molecule has 96 valence electrons. The second kappa shape index (κ2) is 5.11. The van der Waals surface area contributed by atoms with Gasteiger partial charge in [-0.3, -0.25) is 4.79 Å². The molecule has 1 heterocycles. The van der Waals surface area contributed by atoms with Crippen molar-refractivity contribution in [3.63, 3.8) is 0 Å². The van der Waals surface area contributed by atoms with E-state index in [0.29, 0.717) is 6.42 Å². The second-order valence-electron chi connectivity index (χ2n) is 5.26. The molecule has 3 nitrogen and oxygen atoms in total. The Kier molecular flexibility index (Phi) is 3.33. The van der Waals surface area contributed by atoms with E-state index in [-0.39, 0.29) is 5.91 Å². The van der Waals surface area contributed by atoms with Gasteiger partial charge in [0.15, 0.2) is 0 Å². The molecule has 3 rings (SSSR count). The first-order chi connectivity index (χ1) is 8.84. The summed E-state index contributed by atoms with van der Waals surface area (Å²) in [5.41, 5.74) is 2.44. The molecule has 0 atom stereocenters. The van der Waals surface area contributed by atoms with E-state index in [1.54, 1.807) is 0 Å². The molecule has 0 aromatic heterocycles. The predicted molar refractivity (Wildman–Crippen MR) is 72.8 cm³/mol. The van der Waals surface area contributed by atoms with Gasteiger partial charge in [0, 0.05) is 24.7 Å². The first-order valence-electron chi connectivity index (χ1n) is 6.96. The van der Waals surface area contributed by atoms with Gasteiger partial charge in [0.05, 0.1) is 0 Å². The summed E-state index contributed by atoms with van der Waals surface area (Å²) in [5, 5.41) is 3.50. The number of carbonyl (C=O) groups is 1. The smallest absolute Gasteiger partial charge is 0.227 e. The molecule has 1 N–H and O–H groups in total. The fourth-order valence-corrected chi connectivity index (χ4v) is 2.57. The monoisotopic (exact) mass is 244 g/mol. The van der Waals surface area contributed by atoms with Crippen LogP contribution in [0, 0.1) is 0 Å². The number of nitrogens with zero attached hydrogens (tertiary/aromatic N) is 1. The van der Waals surface area contributed by atoms with E-state index in [2.05, 4.69) is 23.5 Å². The van der Waals surface area contributed by atoms with Gasteiger partial charge < -0.3 is 10.2 Å². The Morgan fingerprint density at radius 1 is 1.22 bits per heavy atom. The second-order valence-corrected chi connectivity index (χ2v) is 5.26. The maximum absolute atomic E-state index is 12.0. The van der Waals surface area contributed by atoms with E-state index in [4.69, 9.17) is 0 Å². The van der Waals surface area contributed by atoms with Crippen LogP contribution < -0.4 is 10.2 Å². The van der Waals surface area contributed by atoms with Gasteiger partial charge in [-0.05, 0) is 43.9 Å². The number of aryl methyl sites for hydroxylation is 1. The van der Waals surface area contributed by atoms with Crippen LogP contribution in [-0.2, 0) is 11.2 Å². The molecule has 0 spiro atoms. The van der Waals surface area contributed by atoms with Crippen LogP contribution in [0.5, 0.6) is 0 Å². The topological polar surface area (TPSA) is 32.3 Å². The van der Waals surface area contributed by atoms with E-state index < -0.39 is 0 Å². The van der Waals surface area contributed by atoms with Gasteiger partial charge in [0.25, 0.3) is 0 Å². The summed E-state index contributed by atoms with van der Waals surface area (Å²) in [7, 11) is 0. The molecule has 0 radical (unpaired) electrons. The molecule has 1 fully saturated rings. The molecule has 0 unspecified atom stereocenters. The van der Waals surface area contributed by atoms with Gasteiger partial charge in [-0.25, -0.2) is 0 Å². The van der Waals surface area contributed by atoms with Crippen LogP contribution in [0.25, 0.3) is 0 Å². The minimum atomic E-state index is 0.278. The van der Waals surface area contributed by atoms with Crippen LogP contribution in [0.4, 0.5) is 5.69 Å². The summed E-state index contributed by atoms with van der Waals surface area (Å²) in [6.45, 7) is 1.87. The normalized spacial score (nSPS) is 18.9. The molecule has 2 aliphatic rings. The van der Waals surface area contributed by atoms with Gasteiger partial charge in [0.2, 0.25) is 5.91 Å². The van der Waals surface area contributed by atoms with Crippen molar-refractivity contribution in [1.82, 2.24) is 5.32 Å². The molecule has 1 saturated carbocycles. The Labute approximate surface area is 108 Å². The molecule has 3 heteroatoms. The van der Waals surface area contributed by atoms with Crippen LogP contribution in [0.15, 0.2) is 24.3 Å². The summed E-state index contributed by atoms with van der Waals surface area (Å²) in [6, 6.07) is 9.04. The number of rotatable bonds is 5. The van der Waals surface area contributed by atoms with Gasteiger partial charge in [-0.15, -0.1) is 0 Å². The largest absolute Gasteiger partial charge is 0.314 e. The fraction of sp³-hybridized carbons (Fsp3) is 0.533. The van der Waals surface area contributed by atoms with E-state index in [1.165, 1.54) is 18.4 Å². The zero-order valence-electron chi connectivity index (χ0n) is 10.7. The zero-order chi connectivity index (χ0) is 12.4. The molecule has 0 bridgehead atoms. The maximum Gasteiger partial charge on any atom is 0.227 e. The van der Waals surface area contributed by atoms with Crippen LogP contribution >= 0.6 is 0 Å². The summed E-state index contributed by atoms with van der Waals surface area (Å²) in [5.74, 6) is 0.278. The lowest BCUT2D eigenvalue weighted by molar-refractivity contribution is -0.118. The van der Waals surface area contributed by atoms with Crippen molar-refractivity contribution in [1.29, 1.82) is 0 Å². The molecule has 0 saturated heterocycles. The van der Waals surface area contributed by atoms with Crippen LogP contribution in [-0.4, -0.2) is 25.0 Å². The number of hydrogen-bond donors (Lipinski definition) is 1. The van der Waals surface area contributed by atoms with Crippen LogP contribution in [0.3, 0.4) is 0 Å². The average molecular weight is 244 g/mol. The molecular formula is C15H20N2O. The standard InChI is InChI=1S/C15H20N2O/c18-15-9-6-12-4-1-2-5-14(12)17(15)11-3-10-16-13-7-8-13/h1-2,4-5,13,16H,3,6-11H2. The Bertz CT molecular complexity index is 440. The first-order valence-corrected chi connectivity index (χ1v) is 6.96. The van der Waals surface area contributed by atoms with E-state index in [0.717, 1.165) is 37.7 Å². The first kappa shape index (κ1) is 11.7. The maximum atomic E-state index is 12.0. The third-order valence-corrected chi connectivity index (χ3v) is 3.76. The molecule has 1 aliphatic carbocycles. The number of carbonyl (C=O) groups excluding carboxylic acids is 1. The minimum Gasteiger partial charge on any atom is -0.314 e. The zero-order valence-corrected chi connectivity index (χ0v) is 10.7. The van der Waals surface area contributed by atoms with E-state index >= 15 is 0 Å². The van der Waals surface area contributed by atoms with Crippen molar-refractivity contribution in [3.05, 3.63) is 29.8 Å². The summed E-state index contributed by atoms with van der Waals surface area (Å²) in [4.78, 5) is 14.0. The molecular weight excluding hydrogens is 224 g/mol. The highest BCUT2D eigenvalue weighted by atomic mass is 16.2. The Hall–Kier alpha value is -1.35. The predicted octanol–water partition coefficient (Wildman–Crippen LogP) is 2.11. The lowest BCUT2D eigenvalue weighted by atomic mass is 10.0.